The number of ether oxygens (including phenoxy) is 2. The van der Waals surface area contributed by atoms with E-state index in [2.05, 4.69) is 15.5 Å². The molecule has 0 saturated heterocycles. The molecule has 6 heteroatoms. The fourth-order valence-corrected chi connectivity index (χ4v) is 2.89. The van der Waals surface area contributed by atoms with E-state index in [0.29, 0.717) is 6.61 Å². The lowest BCUT2D eigenvalue weighted by atomic mass is 10.2. The zero-order valence-corrected chi connectivity index (χ0v) is 14.9. The molecule has 0 atom stereocenters. The second-order valence-corrected chi connectivity index (χ2v) is 6.00. The summed E-state index contributed by atoms with van der Waals surface area (Å²) >= 11 is 1.51. The first-order chi connectivity index (χ1) is 12.3. The lowest BCUT2D eigenvalue weighted by Crippen LogP contribution is -1.92. The van der Waals surface area contributed by atoms with Gasteiger partial charge in [-0.2, -0.15) is 5.10 Å². The van der Waals surface area contributed by atoms with E-state index in [9.17, 15) is 0 Å². The molecule has 0 saturated carbocycles. The molecule has 0 aliphatic rings. The molecule has 0 radical (unpaired) electrons. The molecule has 0 bridgehead atoms. The number of hydrogen-bond donors (Lipinski definition) is 1. The van der Waals surface area contributed by atoms with E-state index in [1.54, 1.807) is 13.3 Å². The van der Waals surface area contributed by atoms with Gasteiger partial charge in [-0.1, -0.05) is 12.1 Å². The first-order valence-corrected chi connectivity index (χ1v) is 8.78. The van der Waals surface area contributed by atoms with E-state index in [0.717, 1.165) is 33.5 Å². The van der Waals surface area contributed by atoms with Crippen LogP contribution >= 0.6 is 11.3 Å². The van der Waals surface area contributed by atoms with Crippen molar-refractivity contribution in [1.29, 1.82) is 0 Å². The van der Waals surface area contributed by atoms with Crippen molar-refractivity contribution in [3.63, 3.8) is 0 Å². The van der Waals surface area contributed by atoms with E-state index in [1.807, 2.05) is 60.8 Å². The largest absolute Gasteiger partial charge is 0.497 e. The van der Waals surface area contributed by atoms with Crippen molar-refractivity contribution < 1.29 is 9.47 Å². The van der Waals surface area contributed by atoms with E-state index < -0.39 is 0 Å². The topological polar surface area (TPSA) is 55.7 Å². The van der Waals surface area contributed by atoms with Gasteiger partial charge in [-0.05, 0) is 48.9 Å². The van der Waals surface area contributed by atoms with Crippen molar-refractivity contribution in [1.82, 2.24) is 4.98 Å². The Bertz CT molecular complexity index is 844. The van der Waals surface area contributed by atoms with Crippen LogP contribution in [0.1, 0.15) is 12.5 Å². The summed E-state index contributed by atoms with van der Waals surface area (Å²) in [5.41, 5.74) is 5.86. The van der Waals surface area contributed by atoms with Crippen molar-refractivity contribution >= 4 is 22.7 Å². The van der Waals surface area contributed by atoms with Crippen LogP contribution in [0.25, 0.3) is 11.3 Å². The number of methoxy groups -OCH3 is 1. The van der Waals surface area contributed by atoms with Gasteiger partial charge in [-0.15, -0.1) is 11.3 Å². The molecule has 0 unspecified atom stereocenters. The van der Waals surface area contributed by atoms with Gasteiger partial charge in [0.15, 0.2) is 0 Å². The van der Waals surface area contributed by atoms with Crippen LogP contribution in [0.2, 0.25) is 0 Å². The molecule has 25 heavy (non-hydrogen) atoms. The Morgan fingerprint density at radius 3 is 2.76 bits per heavy atom. The molecule has 3 aromatic rings. The molecule has 0 fully saturated rings. The zero-order chi connectivity index (χ0) is 17.5. The quantitative estimate of drug-likeness (QED) is 0.496. The third kappa shape index (κ3) is 4.58. The van der Waals surface area contributed by atoms with Crippen LogP contribution in [0.5, 0.6) is 11.5 Å². The number of thiazole rings is 1. The van der Waals surface area contributed by atoms with E-state index in [1.165, 1.54) is 11.3 Å². The van der Waals surface area contributed by atoms with Gasteiger partial charge in [0.1, 0.15) is 11.5 Å². The summed E-state index contributed by atoms with van der Waals surface area (Å²) in [7, 11) is 1.66. The van der Waals surface area contributed by atoms with Gasteiger partial charge < -0.3 is 9.47 Å². The number of benzene rings is 2. The van der Waals surface area contributed by atoms with Gasteiger partial charge in [0, 0.05) is 10.9 Å². The van der Waals surface area contributed by atoms with Crippen molar-refractivity contribution in [2.24, 2.45) is 5.10 Å². The predicted molar refractivity (Wildman–Crippen MR) is 103 cm³/mol. The highest BCUT2D eigenvalue weighted by molar-refractivity contribution is 7.14. The summed E-state index contributed by atoms with van der Waals surface area (Å²) in [5.74, 6) is 1.67. The molecule has 0 aliphatic heterocycles. The number of hydrogen-bond acceptors (Lipinski definition) is 6. The van der Waals surface area contributed by atoms with Gasteiger partial charge in [-0.25, -0.2) is 4.98 Å². The molecular weight excluding hydrogens is 334 g/mol. The molecule has 2 aromatic carbocycles. The first-order valence-electron chi connectivity index (χ1n) is 7.90. The number of rotatable bonds is 7. The van der Waals surface area contributed by atoms with Gasteiger partial charge in [-0.3, -0.25) is 5.43 Å². The summed E-state index contributed by atoms with van der Waals surface area (Å²) in [6, 6.07) is 15.6. The molecule has 1 N–H and O–H groups in total. The van der Waals surface area contributed by atoms with Crippen LogP contribution in [0.3, 0.4) is 0 Å². The molecule has 3 rings (SSSR count). The average Bonchev–Trinajstić information content (AvgIpc) is 3.12. The van der Waals surface area contributed by atoms with Gasteiger partial charge in [0.05, 0.1) is 25.6 Å². The normalized spacial score (nSPS) is 10.8. The second-order valence-electron chi connectivity index (χ2n) is 5.14. The SMILES string of the molecule is CCOc1ccc(/C=N\Nc2nc(-c3cccc(OC)c3)cs2)cc1. The van der Waals surface area contributed by atoms with Gasteiger partial charge in [0.2, 0.25) is 5.13 Å². The van der Waals surface area contributed by atoms with Crippen LogP contribution in [-0.4, -0.2) is 24.9 Å². The lowest BCUT2D eigenvalue weighted by Gasteiger charge is -2.02. The van der Waals surface area contributed by atoms with Crippen molar-refractivity contribution in [2.75, 3.05) is 19.1 Å². The van der Waals surface area contributed by atoms with Crippen LogP contribution in [0, 0.1) is 0 Å². The maximum atomic E-state index is 5.42. The number of nitrogens with zero attached hydrogens (tertiary/aromatic N) is 2. The number of aromatic nitrogens is 1. The Hall–Kier alpha value is -2.86. The van der Waals surface area contributed by atoms with E-state index in [-0.39, 0.29) is 0 Å². The standard InChI is InChI=1S/C19H19N3O2S/c1-3-24-16-9-7-14(8-10-16)12-20-22-19-21-18(13-25-19)15-5-4-6-17(11-15)23-2/h4-13H,3H2,1-2H3,(H,21,22)/b20-12-. The summed E-state index contributed by atoms with van der Waals surface area (Å²) in [5, 5.41) is 6.96. The smallest absolute Gasteiger partial charge is 0.203 e. The van der Waals surface area contributed by atoms with Crippen molar-refractivity contribution in [3.05, 3.63) is 59.5 Å². The minimum absolute atomic E-state index is 0.661. The van der Waals surface area contributed by atoms with Crippen LogP contribution in [0.15, 0.2) is 59.0 Å². The monoisotopic (exact) mass is 353 g/mol. The Kier molecular flexibility index (Phi) is 5.64. The molecule has 0 aliphatic carbocycles. The molecule has 5 nitrogen and oxygen atoms in total. The van der Waals surface area contributed by atoms with E-state index >= 15 is 0 Å². The summed E-state index contributed by atoms with van der Waals surface area (Å²) < 4.78 is 10.7. The fourth-order valence-electron chi connectivity index (χ4n) is 2.22. The third-order valence-electron chi connectivity index (χ3n) is 3.43. The molecule has 1 heterocycles. The minimum Gasteiger partial charge on any atom is -0.497 e. The summed E-state index contributed by atoms with van der Waals surface area (Å²) in [6.07, 6.45) is 1.75. The third-order valence-corrected chi connectivity index (χ3v) is 4.18. The maximum Gasteiger partial charge on any atom is 0.203 e. The minimum atomic E-state index is 0.661. The number of anilines is 1. The highest BCUT2D eigenvalue weighted by Crippen LogP contribution is 2.27. The highest BCUT2D eigenvalue weighted by atomic mass is 32.1. The Balaban J connectivity index is 1.63. The maximum absolute atomic E-state index is 5.42. The first kappa shape index (κ1) is 17.0. The van der Waals surface area contributed by atoms with Crippen molar-refractivity contribution in [3.8, 4) is 22.8 Å². The molecule has 0 spiro atoms. The number of hydrazone groups is 1. The van der Waals surface area contributed by atoms with E-state index in [4.69, 9.17) is 9.47 Å². The zero-order valence-electron chi connectivity index (χ0n) is 14.1. The van der Waals surface area contributed by atoms with Crippen LogP contribution in [0.4, 0.5) is 5.13 Å². The second kappa shape index (κ2) is 8.30. The molecule has 0 amide bonds. The average molecular weight is 353 g/mol. The lowest BCUT2D eigenvalue weighted by molar-refractivity contribution is 0.340. The number of nitrogens with one attached hydrogen (secondary N) is 1. The highest BCUT2D eigenvalue weighted by Gasteiger charge is 2.05. The van der Waals surface area contributed by atoms with Gasteiger partial charge in [0.25, 0.3) is 0 Å². The molecule has 128 valence electrons. The molecule has 1 aromatic heterocycles. The Morgan fingerprint density at radius 1 is 1.16 bits per heavy atom. The van der Waals surface area contributed by atoms with Crippen LogP contribution in [-0.2, 0) is 0 Å². The van der Waals surface area contributed by atoms with Crippen LogP contribution < -0.4 is 14.9 Å². The Morgan fingerprint density at radius 2 is 2.00 bits per heavy atom. The van der Waals surface area contributed by atoms with Gasteiger partial charge >= 0.3 is 0 Å². The Labute approximate surface area is 151 Å². The summed E-state index contributed by atoms with van der Waals surface area (Å²) in [6.45, 7) is 2.63. The summed E-state index contributed by atoms with van der Waals surface area (Å²) in [4.78, 5) is 4.54. The van der Waals surface area contributed by atoms with Crippen molar-refractivity contribution in [2.45, 2.75) is 6.92 Å². The fraction of sp³-hybridized carbons (Fsp3) is 0.158. The predicted octanol–water partition coefficient (Wildman–Crippen LogP) is 4.66. The molecular formula is C19H19N3O2S.